The Morgan fingerprint density at radius 3 is 2.63 bits per heavy atom. The number of aliphatic imine (C=N–C) groups is 1. The van der Waals surface area contributed by atoms with Gasteiger partial charge in [-0.2, -0.15) is 0 Å². The van der Waals surface area contributed by atoms with E-state index in [0.29, 0.717) is 42.7 Å². The zero-order valence-electron chi connectivity index (χ0n) is 23.9. The summed E-state index contributed by atoms with van der Waals surface area (Å²) in [4.78, 5) is 22.2. The van der Waals surface area contributed by atoms with Gasteiger partial charge in [-0.05, 0) is 65.2 Å². The van der Waals surface area contributed by atoms with Crippen molar-refractivity contribution in [1.29, 1.82) is 0 Å². The fraction of sp³-hybridized carbons (Fsp3) is 0.333. The first-order valence-electron chi connectivity index (χ1n) is 14.6. The van der Waals surface area contributed by atoms with Crippen LogP contribution in [0, 0.1) is 5.92 Å². The molecule has 10 nitrogen and oxygen atoms in total. The number of azide groups is 1. The molecule has 2 aliphatic rings. The first-order valence-corrected chi connectivity index (χ1v) is 14.6. The summed E-state index contributed by atoms with van der Waals surface area (Å²) >= 11 is 0. The predicted octanol–water partition coefficient (Wildman–Crippen LogP) is 5.65. The van der Waals surface area contributed by atoms with Crippen LogP contribution in [0.5, 0.6) is 5.75 Å². The number of nitrogens with one attached hydrogen (secondary N) is 2. The van der Waals surface area contributed by atoms with Gasteiger partial charge in [0.15, 0.2) is 11.6 Å². The molecule has 2 atom stereocenters. The minimum atomic E-state index is -1.36. The van der Waals surface area contributed by atoms with Gasteiger partial charge >= 0.3 is 0 Å². The molecule has 0 aromatic heterocycles. The number of carbonyl (C=O) groups is 1. The van der Waals surface area contributed by atoms with Gasteiger partial charge in [0, 0.05) is 36.5 Å². The van der Waals surface area contributed by atoms with Gasteiger partial charge in [0.2, 0.25) is 5.90 Å². The van der Waals surface area contributed by atoms with E-state index in [1.807, 2.05) is 91.0 Å². The maximum absolute atomic E-state index is 14.2. The lowest BCUT2D eigenvalue weighted by Gasteiger charge is -2.31. The van der Waals surface area contributed by atoms with Crippen molar-refractivity contribution in [3.8, 4) is 5.75 Å². The van der Waals surface area contributed by atoms with Crippen LogP contribution in [0.25, 0.3) is 16.5 Å². The van der Waals surface area contributed by atoms with Crippen LogP contribution in [0.2, 0.25) is 0 Å². The fourth-order valence-corrected chi connectivity index (χ4v) is 4.98. The third-order valence-electron chi connectivity index (χ3n) is 7.50. The number of aliphatic hydroxyl groups excluding tert-OH is 1. The van der Waals surface area contributed by atoms with Crippen LogP contribution < -0.4 is 15.6 Å². The van der Waals surface area contributed by atoms with E-state index >= 15 is 0 Å². The normalized spacial score (nSPS) is 19.4. The van der Waals surface area contributed by atoms with E-state index in [-0.39, 0.29) is 25.5 Å². The lowest BCUT2D eigenvalue weighted by molar-refractivity contribution is -0.129. The van der Waals surface area contributed by atoms with E-state index in [4.69, 9.17) is 25.1 Å². The number of carbonyl (C=O) groups excluding carboxylic acids is 1. The highest BCUT2D eigenvalue weighted by Gasteiger charge is 2.53. The molecule has 5 rings (SSSR count). The van der Waals surface area contributed by atoms with Gasteiger partial charge in [0.1, 0.15) is 5.75 Å². The highest BCUT2D eigenvalue weighted by atomic mass is 16.5. The van der Waals surface area contributed by atoms with Gasteiger partial charge in [-0.3, -0.25) is 10.2 Å². The Morgan fingerprint density at radius 1 is 1.12 bits per heavy atom. The first kappa shape index (κ1) is 29.8. The molecule has 3 aromatic rings. The minimum absolute atomic E-state index is 0.0592. The first-order chi connectivity index (χ1) is 21.1. The predicted molar refractivity (Wildman–Crippen MR) is 165 cm³/mol. The van der Waals surface area contributed by atoms with Crippen LogP contribution in [-0.2, 0) is 16.1 Å². The molecule has 3 N–H and O–H groups in total. The third kappa shape index (κ3) is 7.61. The molecule has 10 heteroatoms. The number of nitrogens with zero attached hydrogens (tertiary/aromatic N) is 4. The number of aliphatic hydroxyl groups is 1. The van der Waals surface area contributed by atoms with Crippen molar-refractivity contribution in [2.24, 2.45) is 16.0 Å². The number of amides is 1. The summed E-state index contributed by atoms with van der Waals surface area (Å²) < 4.78 is 12.3. The van der Waals surface area contributed by atoms with Crippen molar-refractivity contribution in [3.63, 3.8) is 0 Å². The van der Waals surface area contributed by atoms with Gasteiger partial charge in [0.25, 0.3) is 5.91 Å². The molecule has 1 aliphatic carbocycles. The Balaban J connectivity index is 1.53. The topological polar surface area (TPSA) is 141 Å². The monoisotopic (exact) mass is 580 g/mol. The summed E-state index contributed by atoms with van der Waals surface area (Å²) in [5, 5.41) is 12.8. The number of hydrogen-bond acceptors (Lipinski definition) is 7. The van der Waals surface area contributed by atoms with Crippen molar-refractivity contribution in [1.82, 2.24) is 10.9 Å². The highest BCUT2D eigenvalue weighted by Crippen LogP contribution is 2.44. The van der Waals surface area contributed by atoms with Crippen LogP contribution in [0.15, 0.2) is 95.0 Å². The molecule has 1 fully saturated rings. The number of hydrogen-bond donors (Lipinski definition) is 3. The van der Waals surface area contributed by atoms with Crippen molar-refractivity contribution < 1.29 is 19.4 Å². The van der Waals surface area contributed by atoms with E-state index < -0.39 is 11.6 Å². The highest BCUT2D eigenvalue weighted by molar-refractivity contribution is 6.01. The molecule has 1 heterocycles. The van der Waals surface area contributed by atoms with E-state index in [2.05, 4.69) is 20.9 Å². The Bertz CT molecular complexity index is 1480. The van der Waals surface area contributed by atoms with Crippen LogP contribution in [0.1, 0.15) is 54.0 Å². The van der Waals surface area contributed by atoms with E-state index in [1.165, 1.54) is 0 Å². The Kier molecular flexibility index (Phi) is 10.1. The zero-order valence-corrected chi connectivity index (χ0v) is 23.9. The van der Waals surface area contributed by atoms with E-state index in [1.54, 1.807) is 0 Å². The Morgan fingerprint density at radius 2 is 1.88 bits per heavy atom. The molecular weight excluding hydrogens is 544 g/mol. The third-order valence-corrected chi connectivity index (χ3v) is 7.50. The Hall–Kier alpha value is -4.63. The van der Waals surface area contributed by atoms with Crippen LogP contribution >= 0.6 is 0 Å². The lowest BCUT2D eigenvalue weighted by Crippen LogP contribution is -2.53. The minimum Gasteiger partial charge on any atom is -0.494 e. The molecule has 0 spiro atoms. The second-order valence-corrected chi connectivity index (χ2v) is 10.7. The second kappa shape index (κ2) is 14.5. The molecule has 3 aromatic carbocycles. The quantitative estimate of drug-likeness (QED) is 0.0700. The van der Waals surface area contributed by atoms with Gasteiger partial charge in [0.05, 0.1) is 13.2 Å². The van der Waals surface area contributed by atoms with Crippen molar-refractivity contribution in [2.45, 2.75) is 43.9 Å². The standard InChI is InChI=1S/C33H36N6O4/c34-39-36-23-27-11-4-5-12-29(27)30-33(32(41)38-35-22-25-13-14-25,19-6-10-24-8-2-1-3-9-24)37-31(43-30)26-15-17-28(18-16-26)42-21-7-20-40/h1-6,8-12,15-18,25,30,35,40H,7,13-14,19-23H2,(H,38,41)/b10-6+/t30-,33-/m0/s1. The summed E-state index contributed by atoms with van der Waals surface area (Å²) in [5.74, 6) is 1.24. The molecule has 1 saturated carbocycles. The van der Waals surface area contributed by atoms with Crippen LogP contribution in [0.3, 0.4) is 0 Å². The molecule has 1 amide bonds. The lowest BCUT2D eigenvalue weighted by atomic mass is 9.82. The summed E-state index contributed by atoms with van der Waals surface area (Å²) in [6, 6.07) is 24.7. The number of rotatable bonds is 15. The van der Waals surface area contributed by atoms with Gasteiger partial charge in [-0.25, -0.2) is 10.4 Å². The number of hydrazine groups is 1. The van der Waals surface area contributed by atoms with Crippen LogP contribution in [-0.4, -0.2) is 42.2 Å². The van der Waals surface area contributed by atoms with Crippen molar-refractivity contribution in [3.05, 3.63) is 118 Å². The SMILES string of the molecule is [N-]=[N+]=NCc1ccccc1[C@@H]1OC(c2ccc(OCCCO)cc2)=N[C@]1(C/C=C/c1ccccc1)C(=O)NNCC1CC1. The largest absolute Gasteiger partial charge is 0.494 e. The maximum Gasteiger partial charge on any atom is 0.266 e. The molecule has 0 bridgehead atoms. The van der Waals surface area contributed by atoms with E-state index in [0.717, 1.165) is 29.5 Å². The summed E-state index contributed by atoms with van der Waals surface area (Å²) in [5.41, 5.74) is 16.9. The summed E-state index contributed by atoms with van der Waals surface area (Å²) in [6.07, 6.45) is 6.22. The molecule has 0 radical (unpaired) electrons. The van der Waals surface area contributed by atoms with E-state index in [9.17, 15) is 4.79 Å². The molecular formula is C33H36N6O4. The summed E-state index contributed by atoms with van der Waals surface area (Å²) in [6.45, 7) is 1.26. The average Bonchev–Trinajstić information content (AvgIpc) is 3.79. The number of benzene rings is 3. The molecule has 222 valence electrons. The van der Waals surface area contributed by atoms with Gasteiger partial charge < -0.3 is 14.6 Å². The van der Waals surface area contributed by atoms with Crippen molar-refractivity contribution >= 4 is 17.9 Å². The smallest absolute Gasteiger partial charge is 0.266 e. The molecule has 43 heavy (non-hydrogen) atoms. The van der Waals surface area contributed by atoms with Gasteiger partial charge in [-0.15, -0.1) is 0 Å². The molecule has 0 saturated heterocycles. The van der Waals surface area contributed by atoms with Gasteiger partial charge in [-0.1, -0.05) is 71.9 Å². The maximum atomic E-state index is 14.2. The van der Waals surface area contributed by atoms with Crippen LogP contribution in [0.4, 0.5) is 0 Å². The van der Waals surface area contributed by atoms with Crippen molar-refractivity contribution in [2.75, 3.05) is 19.8 Å². The second-order valence-electron chi connectivity index (χ2n) is 10.7. The molecule has 0 unspecified atom stereocenters. The Labute approximate surface area is 251 Å². The zero-order chi connectivity index (χ0) is 29.9. The summed E-state index contributed by atoms with van der Waals surface area (Å²) in [7, 11) is 0. The molecule has 1 aliphatic heterocycles. The fourth-order valence-electron chi connectivity index (χ4n) is 4.98. The number of ether oxygens (including phenoxy) is 2. The average molecular weight is 581 g/mol.